The molecule has 0 aromatic rings. The largest absolute Gasteiger partial charge is 0.393 e. The fourth-order valence-corrected chi connectivity index (χ4v) is 2.04. The van der Waals surface area contributed by atoms with Crippen LogP contribution in [0.15, 0.2) is 0 Å². The van der Waals surface area contributed by atoms with E-state index in [4.69, 9.17) is 20.1 Å². The minimum absolute atomic E-state index is 0.0320. The van der Waals surface area contributed by atoms with Crippen molar-refractivity contribution in [2.24, 2.45) is 0 Å². The summed E-state index contributed by atoms with van der Waals surface area (Å²) in [6.07, 6.45) is -0.988. The van der Waals surface area contributed by atoms with Crippen LogP contribution in [0.2, 0.25) is 0 Å². The molecule has 0 heterocycles. The van der Waals surface area contributed by atoms with Gasteiger partial charge in [-0.25, -0.2) is 4.99 Å². The van der Waals surface area contributed by atoms with Crippen molar-refractivity contribution < 1.29 is 34.9 Å². The SMILES string of the molecule is COC1C(=O)C[C@@](O)(CO)CC1=[NH+]C(CO)CO. The van der Waals surface area contributed by atoms with Gasteiger partial charge in [0.05, 0.1) is 13.0 Å². The molecule has 0 bridgehead atoms. The Bertz CT molecular complexity index is 327. The van der Waals surface area contributed by atoms with E-state index < -0.39 is 24.4 Å². The second kappa shape index (κ2) is 6.35. The number of hydrogen-bond donors (Lipinski definition) is 5. The number of aliphatic hydroxyl groups excluding tert-OH is 3. The van der Waals surface area contributed by atoms with Gasteiger partial charge in [-0.15, -0.1) is 0 Å². The third kappa shape index (κ3) is 3.33. The minimum Gasteiger partial charge on any atom is -0.393 e. The monoisotopic (exact) mass is 262 g/mol. The number of nitrogens with one attached hydrogen (secondary N) is 1. The van der Waals surface area contributed by atoms with Crippen molar-refractivity contribution in [2.75, 3.05) is 26.9 Å². The van der Waals surface area contributed by atoms with Crippen molar-refractivity contribution in [3.05, 3.63) is 0 Å². The number of aliphatic hydroxyl groups is 4. The van der Waals surface area contributed by atoms with Crippen LogP contribution in [0, 0.1) is 0 Å². The first-order valence-corrected chi connectivity index (χ1v) is 5.72. The number of Topliss-reactive ketones (excluding diaryl/α,β-unsaturated/α-hetero) is 1. The van der Waals surface area contributed by atoms with Crippen LogP contribution in [0.3, 0.4) is 0 Å². The van der Waals surface area contributed by atoms with Crippen LogP contribution in [-0.4, -0.2) is 76.6 Å². The Morgan fingerprint density at radius 1 is 1.39 bits per heavy atom. The first-order valence-electron chi connectivity index (χ1n) is 5.72. The number of ether oxygens (including phenoxy) is 1. The van der Waals surface area contributed by atoms with E-state index in [-0.39, 0.29) is 31.8 Å². The van der Waals surface area contributed by atoms with Crippen molar-refractivity contribution in [3.63, 3.8) is 0 Å². The summed E-state index contributed by atoms with van der Waals surface area (Å²) in [6.45, 7) is -1.17. The molecule has 1 fully saturated rings. The number of ketones is 1. The Kier molecular flexibility index (Phi) is 5.36. The van der Waals surface area contributed by atoms with Gasteiger partial charge >= 0.3 is 0 Å². The Morgan fingerprint density at radius 3 is 2.44 bits per heavy atom. The zero-order valence-electron chi connectivity index (χ0n) is 10.3. The van der Waals surface area contributed by atoms with Crippen LogP contribution in [0.4, 0.5) is 0 Å². The third-order valence-electron chi connectivity index (χ3n) is 2.99. The number of carbonyl (C=O) groups excluding carboxylic acids is 1. The summed E-state index contributed by atoms with van der Waals surface area (Å²) in [4.78, 5) is 14.6. The van der Waals surface area contributed by atoms with E-state index in [2.05, 4.69) is 4.99 Å². The maximum absolute atomic E-state index is 11.8. The average Bonchev–Trinajstić information content (AvgIpc) is 2.35. The van der Waals surface area contributed by atoms with E-state index in [1.165, 1.54) is 7.11 Å². The fraction of sp³-hybridized carbons (Fsp3) is 0.818. The van der Waals surface area contributed by atoms with Gasteiger partial charge in [0.1, 0.15) is 18.8 Å². The molecule has 0 amide bonds. The lowest BCUT2D eigenvalue weighted by Gasteiger charge is -2.31. The average molecular weight is 262 g/mol. The normalized spacial score (nSPS) is 31.3. The molecule has 18 heavy (non-hydrogen) atoms. The summed E-state index contributed by atoms with van der Waals surface area (Å²) in [6, 6.07) is -0.633. The van der Waals surface area contributed by atoms with Crippen LogP contribution >= 0.6 is 0 Å². The predicted octanol–water partition coefficient (Wildman–Crippen LogP) is -4.04. The number of carbonyl (C=O) groups is 1. The van der Waals surface area contributed by atoms with E-state index in [0.717, 1.165) is 0 Å². The maximum Gasteiger partial charge on any atom is 0.196 e. The molecule has 0 aromatic heterocycles. The highest BCUT2D eigenvalue weighted by Gasteiger charge is 2.45. The molecule has 5 N–H and O–H groups in total. The van der Waals surface area contributed by atoms with Crippen LogP contribution in [0.1, 0.15) is 12.8 Å². The lowest BCUT2D eigenvalue weighted by molar-refractivity contribution is -0.515. The molecule has 1 unspecified atom stereocenters. The van der Waals surface area contributed by atoms with Crippen LogP contribution in [-0.2, 0) is 9.53 Å². The Balaban J connectivity index is 2.99. The second-order valence-corrected chi connectivity index (χ2v) is 4.55. The summed E-state index contributed by atoms with van der Waals surface area (Å²) in [7, 11) is 1.36. The smallest absolute Gasteiger partial charge is 0.196 e. The summed E-state index contributed by atoms with van der Waals surface area (Å²) >= 11 is 0. The molecule has 0 spiro atoms. The highest BCUT2D eigenvalue weighted by atomic mass is 16.5. The summed E-state index contributed by atoms with van der Waals surface area (Å²) < 4.78 is 5.04. The molecular weight excluding hydrogens is 242 g/mol. The molecule has 2 atom stereocenters. The van der Waals surface area contributed by atoms with Crippen molar-refractivity contribution in [1.82, 2.24) is 0 Å². The molecule has 1 rings (SSSR count). The van der Waals surface area contributed by atoms with Crippen LogP contribution < -0.4 is 4.99 Å². The van der Waals surface area contributed by atoms with Crippen LogP contribution in [0.25, 0.3) is 0 Å². The van der Waals surface area contributed by atoms with Crippen molar-refractivity contribution in [1.29, 1.82) is 0 Å². The van der Waals surface area contributed by atoms with E-state index >= 15 is 0 Å². The minimum atomic E-state index is -1.51. The summed E-state index contributed by atoms with van der Waals surface area (Å²) in [5.41, 5.74) is -1.15. The van der Waals surface area contributed by atoms with Gasteiger partial charge in [-0.05, 0) is 0 Å². The molecular formula is C11H20NO6+. The van der Waals surface area contributed by atoms with Gasteiger partial charge in [0.15, 0.2) is 23.6 Å². The van der Waals surface area contributed by atoms with Gasteiger partial charge in [-0.2, -0.15) is 0 Å². The topological polar surface area (TPSA) is 121 Å². The zero-order valence-corrected chi connectivity index (χ0v) is 10.3. The fourth-order valence-electron chi connectivity index (χ4n) is 2.04. The predicted molar refractivity (Wildman–Crippen MR) is 61.0 cm³/mol. The number of rotatable bonds is 5. The Hall–Kier alpha value is -0.860. The molecule has 7 heteroatoms. The summed E-state index contributed by atoms with van der Waals surface area (Å²) in [5, 5.41) is 37.1. The van der Waals surface area contributed by atoms with Crippen LogP contribution in [0.5, 0.6) is 0 Å². The molecule has 0 aliphatic heterocycles. The first kappa shape index (κ1) is 15.2. The van der Waals surface area contributed by atoms with Gasteiger partial charge in [-0.3, -0.25) is 4.79 Å². The molecule has 1 aliphatic carbocycles. The molecule has 1 saturated carbocycles. The quantitative estimate of drug-likeness (QED) is 0.344. The summed E-state index contributed by atoms with van der Waals surface area (Å²) in [5.74, 6) is -0.350. The highest BCUT2D eigenvalue weighted by Crippen LogP contribution is 2.23. The second-order valence-electron chi connectivity index (χ2n) is 4.55. The first-order chi connectivity index (χ1) is 8.49. The lowest BCUT2D eigenvalue weighted by Crippen LogP contribution is -2.85. The standard InChI is InChI=1S/C11H19NO6/c1-18-10-8(12-7(4-13)5-14)2-11(17,6-15)3-9(10)16/h7,10,13-15,17H,2-6H2,1H3/p+1/t10?,11-/m1/s1. The van der Waals surface area contributed by atoms with Gasteiger partial charge in [0.2, 0.25) is 0 Å². The van der Waals surface area contributed by atoms with E-state index in [1.54, 1.807) is 0 Å². The molecule has 0 saturated heterocycles. The van der Waals surface area contributed by atoms with Crippen molar-refractivity contribution in [2.45, 2.75) is 30.6 Å². The molecule has 1 aliphatic rings. The Morgan fingerprint density at radius 2 is 2.00 bits per heavy atom. The van der Waals surface area contributed by atoms with Crippen molar-refractivity contribution >= 4 is 11.5 Å². The molecule has 0 aromatic carbocycles. The highest BCUT2D eigenvalue weighted by molar-refractivity contribution is 6.08. The van der Waals surface area contributed by atoms with Gasteiger partial charge < -0.3 is 25.2 Å². The van der Waals surface area contributed by atoms with Gasteiger partial charge in [-0.1, -0.05) is 0 Å². The van der Waals surface area contributed by atoms with Gasteiger partial charge in [0, 0.05) is 13.5 Å². The van der Waals surface area contributed by atoms with E-state index in [1.807, 2.05) is 0 Å². The van der Waals surface area contributed by atoms with E-state index in [9.17, 15) is 9.90 Å². The lowest BCUT2D eigenvalue weighted by atomic mass is 9.81. The third-order valence-corrected chi connectivity index (χ3v) is 2.99. The van der Waals surface area contributed by atoms with Gasteiger partial charge in [0.25, 0.3) is 0 Å². The maximum atomic E-state index is 11.8. The Labute approximate surface area is 105 Å². The van der Waals surface area contributed by atoms with Crippen molar-refractivity contribution in [3.8, 4) is 0 Å². The molecule has 104 valence electrons. The molecule has 0 radical (unpaired) electrons. The number of methoxy groups -OCH3 is 1. The molecule has 7 nitrogen and oxygen atoms in total. The zero-order chi connectivity index (χ0) is 13.8. The number of hydrogen-bond acceptors (Lipinski definition) is 6. The van der Waals surface area contributed by atoms with E-state index in [0.29, 0.717) is 5.71 Å².